The van der Waals surface area contributed by atoms with E-state index in [9.17, 15) is 13.2 Å². The van der Waals surface area contributed by atoms with Gasteiger partial charge in [-0.05, 0) is 38.4 Å². The molecule has 0 unspecified atom stereocenters. The lowest BCUT2D eigenvalue weighted by Gasteiger charge is -2.37. The summed E-state index contributed by atoms with van der Waals surface area (Å²) in [6.45, 7) is 7.81. The minimum absolute atomic E-state index is 0.232. The van der Waals surface area contributed by atoms with Gasteiger partial charge in [-0.1, -0.05) is 25.1 Å². The molecule has 0 aliphatic rings. The fourth-order valence-electron chi connectivity index (χ4n) is 2.06. The van der Waals surface area contributed by atoms with Gasteiger partial charge in [-0.3, -0.25) is 4.90 Å². The van der Waals surface area contributed by atoms with Crippen molar-refractivity contribution in [2.24, 2.45) is 5.73 Å². The molecule has 5 heteroatoms. The second-order valence-electron chi connectivity index (χ2n) is 5.64. The fourth-order valence-corrected chi connectivity index (χ4v) is 2.06. The Bertz CT molecular complexity index is 427. The van der Waals surface area contributed by atoms with E-state index >= 15 is 0 Å². The molecular formula is C15H23F3N2. The van der Waals surface area contributed by atoms with Gasteiger partial charge in [-0.25, -0.2) is 0 Å². The van der Waals surface area contributed by atoms with Crippen molar-refractivity contribution in [2.75, 3.05) is 13.1 Å². The first-order chi connectivity index (χ1) is 9.20. The molecule has 20 heavy (non-hydrogen) atoms. The van der Waals surface area contributed by atoms with Gasteiger partial charge in [-0.2, -0.15) is 13.2 Å². The Morgan fingerprint density at radius 1 is 1.20 bits per heavy atom. The van der Waals surface area contributed by atoms with Crippen LogP contribution in [0.4, 0.5) is 13.2 Å². The number of nitrogens with two attached hydrogens (primary N) is 1. The second kappa shape index (κ2) is 6.59. The Balaban J connectivity index is 2.95. The summed E-state index contributed by atoms with van der Waals surface area (Å²) >= 11 is 0. The quantitative estimate of drug-likeness (QED) is 0.865. The third-order valence-corrected chi connectivity index (χ3v) is 3.48. The molecule has 0 radical (unpaired) electrons. The van der Waals surface area contributed by atoms with E-state index < -0.39 is 11.7 Å². The maximum Gasteiger partial charge on any atom is 0.416 e. The number of benzene rings is 1. The van der Waals surface area contributed by atoms with Crippen molar-refractivity contribution in [1.29, 1.82) is 0 Å². The van der Waals surface area contributed by atoms with Crippen molar-refractivity contribution < 1.29 is 13.2 Å². The van der Waals surface area contributed by atoms with E-state index in [1.165, 1.54) is 12.1 Å². The van der Waals surface area contributed by atoms with Crippen molar-refractivity contribution in [3.63, 3.8) is 0 Å². The van der Waals surface area contributed by atoms with Crippen molar-refractivity contribution in [3.8, 4) is 0 Å². The predicted molar refractivity (Wildman–Crippen MR) is 75.3 cm³/mol. The molecule has 0 atom stereocenters. The highest BCUT2D eigenvalue weighted by molar-refractivity contribution is 5.25. The molecule has 0 aromatic heterocycles. The molecule has 0 bridgehead atoms. The van der Waals surface area contributed by atoms with Crippen molar-refractivity contribution >= 4 is 0 Å². The van der Waals surface area contributed by atoms with Crippen LogP contribution in [0.2, 0.25) is 0 Å². The van der Waals surface area contributed by atoms with Gasteiger partial charge in [0, 0.05) is 18.6 Å². The van der Waals surface area contributed by atoms with Gasteiger partial charge < -0.3 is 5.73 Å². The highest BCUT2D eigenvalue weighted by Crippen LogP contribution is 2.30. The molecule has 0 heterocycles. The lowest BCUT2D eigenvalue weighted by Crippen LogP contribution is -2.49. The molecule has 0 fully saturated rings. The summed E-state index contributed by atoms with van der Waals surface area (Å²) in [7, 11) is 0. The first-order valence-electron chi connectivity index (χ1n) is 6.82. The van der Waals surface area contributed by atoms with Crippen molar-refractivity contribution in [3.05, 3.63) is 35.4 Å². The summed E-state index contributed by atoms with van der Waals surface area (Å²) in [6, 6.07) is 5.50. The number of hydrogen-bond donors (Lipinski definition) is 1. The monoisotopic (exact) mass is 288 g/mol. The van der Waals surface area contributed by atoms with Crippen LogP contribution in [0, 0.1) is 0 Å². The van der Waals surface area contributed by atoms with E-state index in [2.05, 4.69) is 4.90 Å². The van der Waals surface area contributed by atoms with Crippen LogP contribution in [0.5, 0.6) is 0 Å². The van der Waals surface area contributed by atoms with Crippen LogP contribution >= 0.6 is 0 Å². The van der Waals surface area contributed by atoms with E-state index in [0.29, 0.717) is 18.7 Å². The van der Waals surface area contributed by atoms with E-state index in [-0.39, 0.29) is 5.54 Å². The third-order valence-electron chi connectivity index (χ3n) is 3.48. The average Bonchev–Trinajstić information content (AvgIpc) is 2.37. The first kappa shape index (κ1) is 17.0. The SMILES string of the molecule is CCCN(Cc1cccc(C(F)(F)F)c1)C(C)(C)CN. The maximum atomic E-state index is 12.7. The molecule has 1 aromatic rings. The Morgan fingerprint density at radius 3 is 2.35 bits per heavy atom. The molecule has 0 aliphatic carbocycles. The normalized spacial score (nSPS) is 13.0. The average molecular weight is 288 g/mol. The van der Waals surface area contributed by atoms with Crippen LogP contribution in [0.25, 0.3) is 0 Å². The molecule has 0 spiro atoms. The highest BCUT2D eigenvalue weighted by atomic mass is 19.4. The van der Waals surface area contributed by atoms with Crippen molar-refractivity contribution in [2.45, 2.75) is 45.5 Å². The number of nitrogens with zero attached hydrogens (tertiary/aromatic N) is 1. The topological polar surface area (TPSA) is 29.3 Å². The summed E-state index contributed by atoms with van der Waals surface area (Å²) in [4.78, 5) is 2.13. The van der Waals surface area contributed by atoms with Crippen molar-refractivity contribution in [1.82, 2.24) is 4.90 Å². The standard InChI is InChI=1S/C15H23F3N2/c1-4-8-20(14(2,3)11-19)10-12-6-5-7-13(9-12)15(16,17)18/h5-7,9H,4,8,10-11,19H2,1-3H3. The fraction of sp³-hybridized carbons (Fsp3) is 0.600. The van der Waals surface area contributed by atoms with E-state index in [1.54, 1.807) is 6.07 Å². The zero-order valence-electron chi connectivity index (χ0n) is 12.3. The van der Waals surface area contributed by atoms with E-state index in [4.69, 9.17) is 5.73 Å². The van der Waals surface area contributed by atoms with Crippen LogP contribution < -0.4 is 5.73 Å². The molecule has 114 valence electrons. The van der Waals surface area contributed by atoms with Crippen LogP contribution in [-0.2, 0) is 12.7 Å². The molecule has 1 rings (SSSR count). The molecule has 0 saturated carbocycles. The van der Waals surface area contributed by atoms with Crippen LogP contribution in [0.1, 0.15) is 38.3 Å². The second-order valence-corrected chi connectivity index (χ2v) is 5.64. The molecular weight excluding hydrogens is 265 g/mol. The van der Waals surface area contributed by atoms with E-state index in [1.807, 2.05) is 20.8 Å². The van der Waals surface area contributed by atoms with E-state index in [0.717, 1.165) is 19.0 Å². The lowest BCUT2D eigenvalue weighted by atomic mass is 10.0. The lowest BCUT2D eigenvalue weighted by molar-refractivity contribution is -0.137. The zero-order valence-corrected chi connectivity index (χ0v) is 12.3. The summed E-state index contributed by atoms with van der Waals surface area (Å²) in [6.07, 6.45) is -3.36. The number of alkyl halides is 3. The Labute approximate surface area is 118 Å². The Hall–Kier alpha value is -1.07. The van der Waals surface area contributed by atoms with Gasteiger partial charge >= 0.3 is 6.18 Å². The third kappa shape index (κ3) is 4.49. The Kier molecular flexibility index (Phi) is 5.59. The largest absolute Gasteiger partial charge is 0.416 e. The molecule has 2 N–H and O–H groups in total. The maximum absolute atomic E-state index is 12.7. The van der Waals surface area contributed by atoms with Crippen LogP contribution in [-0.4, -0.2) is 23.5 Å². The summed E-state index contributed by atoms with van der Waals surface area (Å²) in [5.41, 5.74) is 5.60. The number of halogens is 3. The molecule has 0 saturated heterocycles. The molecule has 0 amide bonds. The highest BCUT2D eigenvalue weighted by Gasteiger charge is 2.31. The summed E-state index contributed by atoms with van der Waals surface area (Å²) in [5.74, 6) is 0. The smallest absolute Gasteiger partial charge is 0.329 e. The first-order valence-corrected chi connectivity index (χ1v) is 6.82. The van der Waals surface area contributed by atoms with Gasteiger partial charge in [0.25, 0.3) is 0 Å². The summed E-state index contributed by atoms with van der Waals surface area (Å²) < 4.78 is 38.2. The minimum atomic E-state index is -4.30. The van der Waals surface area contributed by atoms with Crippen LogP contribution in [0.15, 0.2) is 24.3 Å². The molecule has 2 nitrogen and oxygen atoms in total. The van der Waals surface area contributed by atoms with Gasteiger partial charge in [-0.15, -0.1) is 0 Å². The molecule has 1 aromatic carbocycles. The zero-order chi connectivity index (χ0) is 15.4. The van der Waals surface area contributed by atoms with Crippen LogP contribution in [0.3, 0.4) is 0 Å². The van der Waals surface area contributed by atoms with Gasteiger partial charge in [0.05, 0.1) is 5.56 Å². The predicted octanol–water partition coefficient (Wildman–Crippen LogP) is 3.65. The summed E-state index contributed by atoms with van der Waals surface area (Å²) in [5, 5.41) is 0. The van der Waals surface area contributed by atoms with Gasteiger partial charge in [0.2, 0.25) is 0 Å². The minimum Gasteiger partial charge on any atom is -0.329 e. The van der Waals surface area contributed by atoms with Gasteiger partial charge in [0.1, 0.15) is 0 Å². The number of hydrogen-bond acceptors (Lipinski definition) is 2. The van der Waals surface area contributed by atoms with Gasteiger partial charge in [0.15, 0.2) is 0 Å². The Morgan fingerprint density at radius 2 is 1.85 bits per heavy atom. The molecule has 0 aliphatic heterocycles. The number of rotatable bonds is 6.